The van der Waals surface area contributed by atoms with Gasteiger partial charge in [-0.2, -0.15) is 8.42 Å². The van der Waals surface area contributed by atoms with Crippen molar-refractivity contribution in [1.82, 2.24) is 10.6 Å². The highest BCUT2D eigenvalue weighted by Crippen LogP contribution is 2.36. The highest BCUT2D eigenvalue weighted by atomic mass is 32.3. The zero-order valence-electron chi connectivity index (χ0n) is 34.6. The summed E-state index contributed by atoms with van der Waals surface area (Å²) in [6.45, 7) is -0.599. The van der Waals surface area contributed by atoms with E-state index in [9.17, 15) is 84.4 Å². The first kappa shape index (κ1) is 53.9. The van der Waals surface area contributed by atoms with E-state index in [1.165, 1.54) is 6.92 Å². The topological polar surface area (TPSA) is 468 Å². The van der Waals surface area contributed by atoms with Gasteiger partial charge in [0.05, 0.1) is 32.5 Å². The van der Waals surface area contributed by atoms with Crippen LogP contribution >= 0.6 is 0 Å². The fraction of sp³-hybridized carbons (Fsp3) is 0.941. The van der Waals surface area contributed by atoms with E-state index < -0.39 is 202 Å². The van der Waals surface area contributed by atoms with Crippen molar-refractivity contribution in [3.8, 4) is 0 Å². The maximum absolute atomic E-state index is 12.4. The van der Waals surface area contributed by atoms with E-state index >= 15 is 0 Å². The molecule has 0 unspecified atom stereocenters. The largest absolute Gasteiger partial charge is 0.397 e. The number of aliphatic hydroxyl groups is 13. The molecule has 378 valence electrons. The third kappa shape index (κ3) is 12.6. The van der Waals surface area contributed by atoms with Crippen LogP contribution in [0.15, 0.2) is 0 Å². The second-order valence-electron chi connectivity index (χ2n) is 16.0. The quantitative estimate of drug-likeness (QED) is 0.0639. The molecule has 5 saturated heterocycles. The van der Waals surface area contributed by atoms with E-state index in [4.69, 9.17) is 47.2 Å². The molecule has 5 heterocycles. The maximum Gasteiger partial charge on any atom is 0.397 e. The number of aliphatic hydroxyl groups excluding tert-OH is 13. The molecule has 0 aromatic carbocycles. The van der Waals surface area contributed by atoms with E-state index in [0.717, 1.165) is 13.8 Å². The Balaban J connectivity index is 1.48. The number of nitrogens with one attached hydrogen (secondary N) is 2. The fourth-order valence-electron chi connectivity index (χ4n) is 7.79. The first-order valence-corrected chi connectivity index (χ1v) is 21.5. The Labute approximate surface area is 368 Å². The Morgan fingerprint density at radius 3 is 1.55 bits per heavy atom. The molecule has 0 bridgehead atoms. The minimum absolute atomic E-state index is 0.780. The molecule has 2 amide bonds. The van der Waals surface area contributed by atoms with E-state index in [-0.39, 0.29) is 0 Å². The summed E-state index contributed by atoms with van der Waals surface area (Å²) < 4.78 is 87.4. The molecule has 0 radical (unpaired) electrons. The van der Waals surface area contributed by atoms with Gasteiger partial charge in [0.2, 0.25) is 11.8 Å². The van der Waals surface area contributed by atoms with Crippen molar-refractivity contribution in [1.29, 1.82) is 0 Å². The molecule has 0 saturated carbocycles. The number of ether oxygens (including phenoxy) is 9. The first-order chi connectivity index (χ1) is 30.4. The lowest BCUT2D eigenvalue weighted by Crippen LogP contribution is -2.70. The molecule has 5 fully saturated rings. The van der Waals surface area contributed by atoms with Crippen molar-refractivity contribution in [2.45, 2.75) is 174 Å². The lowest BCUT2D eigenvalue weighted by atomic mass is 9.94. The van der Waals surface area contributed by atoms with Crippen molar-refractivity contribution in [2.75, 3.05) is 26.4 Å². The number of carbonyl (C=O) groups excluding carboxylic acids is 2. The lowest BCUT2D eigenvalue weighted by molar-refractivity contribution is -0.401. The van der Waals surface area contributed by atoms with Crippen molar-refractivity contribution in [3.05, 3.63) is 0 Å². The third-order valence-corrected chi connectivity index (χ3v) is 11.7. The predicted molar refractivity (Wildman–Crippen MR) is 199 cm³/mol. The SMILES string of the molecule is CC(=O)N[C@@H]1[C@@H](O[C@@H]2O[C@H](CO)[C@H](O)[C@H](O[C@@H]3O[C@H](CO)[C@H](O)[C@H](O)[C@H]3O)[C@H]2O[C@@H]2O[C@@H](C)[C@@H](O)[C@@H](O)[C@@H]2O)[C@@H](O)[C@@H](CO[C@@H]2O[C@H](COS(=O)(=O)O)[C@@H](O)[C@H](O)[C@H]2NC(C)=O)O[C@@H]1O. The van der Waals surface area contributed by atoms with Crippen molar-refractivity contribution in [2.24, 2.45) is 0 Å². The molecule has 65 heavy (non-hydrogen) atoms. The van der Waals surface area contributed by atoms with Crippen LogP contribution in [0.25, 0.3) is 0 Å². The highest BCUT2D eigenvalue weighted by molar-refractivity contribution is 7.80. The molecule has 0 aromatic heterocycles. The van der Waals surface area contributed by atoms with Gasteiger partial charge in [0.15, 0.2) is 31.5 Å². The first-order valence-electron chi connectivity index (χ1n) is 20.1. The second kappa shape index (κ2) is 22.6. The van der Waals surface area contributed by atoms with Crippen molar-refractivity contribution >= 4 is 22.2 Å². The van der Waals surface area contributed by atoms with Crippen LogP contribution in [0.1, 0.15) is 20.8 Å². The average molecular weight is 975 g/mol. The Bertz CT molecular complexity index is 1670. The van der Waals surface area contributed by atoms with Gasteiger partial charge in [-0.15, -0.1) is 0 Å². The summed E-state index contributed by atoms with van der Waals surface area (Å²) in [6.07, 6.45) is -43.7. The monoisotopic (exact) mass is 974 g/mol. The number of hydrogen-bond donors (Lipinski definition) is 16. The number of hydrogen-bond acceptors (Lipinski definition) is 27. The molecular weight excluding hydrogens is 916 g/mol. The molecule has 31 heteroatoms. The Morgan fingerprint density at radius 2 is 0.969 bits per heavy atom. The van der Waals surface area contributed by atoms with Gasteiger partial charge in [-0.25, -0.2) is 4.18 Å². The van der Waals surface area contributed by atoms with Crippen LogP contribution in [0, 0.1) is 0 Å². The molecule has 5 aliphatic heterocycles. The number of amides is 2. The summed E-state index contributed by atoms with van der Waals surface area (Å²) >= 11 is 0. The summed E-state index contributed by atoms with van der Waals surface area (Å²) in [6, 6.07) is -3.36. The smallest absolute Gasteiger partial charge is 0.394 e. The highest BCUT2D eigenvalue weighted by Gasteiger charge is 2.57. The fourth-order valence-corrected chi connectivity index (χ4v) is 8.09. The summed E-state index contributed by atoms with van der Waals surface area (Å²) in [4.78, 5) is 24.5. The van der Waals surface area contributed by atoms with E-state index in [1.807, 2.05) is 0 Å². The van der Waals surface area contributed by atoms with Gasteiger partial charge in [-0.1, -0.05) is 0 Å². The molecule has 0 aromatic rings. The van der Waals surface area contributed by atoms with E-state index in [1.54, 1.807) is 0 Å². The van der Waals surface area contributed by atoms with Gasteiger partial charge in [0.25, 0.3) is 0 Å². The molecule has 5 aliphatic rings. The predicted octanol–water partition coefficient (Wildman–Crippen LogP) is -10.8. The summed E-state index contributed by atoms with van der Waals surface area (Å²) in [5, 5.41) is 144. The molecule has 0 aliphatic carbocycles. The zero-order valence-corrected chi connectivity index (χ0v) is 35.5. The van der Waals surface area contributed by atoms with Gasteiger partial charge < -0.3 is 120 Å². The van der Waals surface area contributed by atoms with Crippen LogP contribution in [0.5, 0.6) is 0 Å². The molecule has 30 nitrogen and oxygen atoms in total. The minimum Gasteiger partial charge on any atom is -0.394 e. The Morgan fingerprint density at radius 1 is 0.508 bits per heavy atom. The van der Waals surface area contributed by atoms with Crippen molar-refractivity contribution < 1.29 is 136 Å². The van der Waals surface area contributed by atoms with Crippen molar-refractivity contribution in [3.63, 3.8) is 0 Å². The van der Waals surface area contributed by atoms with Crippen LogP contribution < -0.4 is 10.6 Å². The van der Waals surface area contributed by atoms with Crippen LogP contribution in [0.3, 0.4) is 0 Å². The van der Waals surface area contributed by atoms with Gasteiger partial charge in [-0.3, -0.25) is 14.1 Å². The normalized spacial score (nSPS) is 47.5. The van der Waals surface area contributed by atoms with Gasteiger partial charge in [0.1, 0.15) is 116 Å². The average Bonchev–Trinajstić information content (AvgIpc) is 3.23. The molecular formula is C34H58N2O28S. The van der Waals surface area contributed by atoms with Crippen LogP contribution in [-0.4, -0.2) is 271 Å². The molecule has 5 rings (SSSR count). The summed E-state index contributed by atoms with van der Waals surface area (Å²) in [5.74, 6) is -1.62. The number of rotatable bonds is 16. The Kier molecular flexibility index (Phi) is 18.7. The van der Waals surface area contributed by atoms with E-state index in [0.29, 0.717) is 0 Å². The minimum atomic E-state index is -5.09. The Hall–Kier alpha value is -2.07. The van der Waals surface area contributed by atoms with Crippen LogP contribution in [0.4, 0.5) is 0 Å². The summed E-state index contributed by atoms with van der Waals surface area (Å²) in [5.41, 5.74) is 0. The molecule has 16 N–H and O–H groups in total. The van der Waals surface area contributed by atoms with Crippen LogP contribution in [0.2, 0.25) is 0 Å². The molecule has 0 spiro atoms. The van der Waals surface area contributed by atoms with Gasteiger partial charge in [0, 0.05) is 13.8 Å². The van der Waals surface area contributed by atoms with Gasteiger partial charge >= 0.3 is 10.4 Å². The third-order valence-electron chi connectivity index (χ3n) is 11.3. The standard InChI is InChI=1S/C34H58N2O28S/c1-8-17(41)23(47)25(49)32(57-8)64-29-28(63-33-26(50)24(48)18(42)11(4-37)59-33)20(44)12(5-38)60-34(29)62-27-16(36-10(3)40)30(51)58-13(21(27)45)6-55-31-15(35-9(2)39)22(46)19(43)14(61-31)7-56-65(52,53)54/h8,11-34,37-38,41-51H,4-7H2,1-3H3,(H,35,39)(H,36,40)(H,52,53,54)/t8-,11+,12+,13+,14+,15+,16+,17+,18-,19+,20-,21-,22+,23+,24-,25-,26+,27+,28-,29+,30-,31+,32-,33-,34-/m0/s1. The summed E-state index contributed by atoms with van der Waals surface area (Å²) in [7, 11) is -5.09. The van der Waals surface area contributed by atoms with Crippen LogP contribution in [-0.2, 0) is 66.8 Å². The van der Waals surface area contributed by atoms with E-state index in [2.05, 4.69) is 14.8 Å². The zero-order chi connectivity index (χ0) is 48.4. The molecule has 25 atom stereocenters. The second-order valence-corrected chi connectivity index (χ2v) is 17.1. The lowest BCUT2D eigenvalue weighted by Gasteiger charge is -2.51. The number of carbonyl (C=O) groups is 2. The van der Waals surface area contributed by atoms with Gasteiger partial charge in [-0.05, 0) is 6.92 Å². The maximum atomic E-state index is 12.4.